The SMILES string of the molecule is CC1CN(CCC(=O)NC(CCc2ccccc2)C(=O)O)CCC1(C)c1cccc(O)c1. The number of carbonyl (C=O) groups is 2. The van der Waals surface area contributed by atoms with Crippen molar-refractivity contribution in [2.75, 3.05) is 19.6 Å². The maximum atomic E-state index is 12.5. The third-order valence-electron chi connectivity index (χ3n) is 6.93. The van der Waals surface area contributed by atoms with Crippen LogP contribution >= 0.6 is 0 Å². The van der Waals surface area contributed by atoms with Gasteiger partial charge in [-0.1, -0.05) is 56.3 Å². The van der Waals surface area contributed by atoms with Crippen LogP contribution < -0.4 is 5.32 Å². The molecule has 3 N–H and O–H groups in total. The summed E-state index contributed by atoms with van der Waals surface area (Å²) in [7, 11) is 0. The van der Waals surface area contributed by atoms with Crippen molar-refractivity contribution in [2.45, 2.75) is 51.0 Å². The Labute approximate surface area is 190 Å². The Balaban J connectivity index is 1.47. The first-order valence-corrected chi connectivity index (χ1v) is 11.4. The summed E-state index contributed by atoms with van der Waals surface area (Å²) >= 11 is 0. The molecule has 2 aromatic rings. The first-order chi connectivity index (χ1) is 15.3. The number of carboxylic acid groups (broad SMARTS) is 1. The standard InChI is InChI=1S/C26H34N2O4/c1-19-18-28(16-14-26(19,2)21-9-6-10-22(29)17-21)15-13-24(30)27-23(25(31)32)12-11-20-7-4-3-5-8-20/h3-10,17,19,23,29H,11-16,18H2,1-2H3,(H,27,30)(H,31,32). The van der Waals surface area contributed by atoms with Crippen molar-refractivity contribution in [1.82, 2.24) is 10.2 Å². The summed E-state index contributed by atoms with van der Waals surface area (Å²) in [5.74, 6) is -0.573. The quantitative estimate of drug-likeness (QED) is 0.557. The van der Waals surface area contributed by atoms with Crippen molar-refractivity contribution in [3.8, 4) is 5.75 Å². The van der Waals surface area contributed by atoms with Crippen molar-refractivity contribution in [1.29, 1.82) is 0 Å². The van der Waals surface area contributed by atoms with E-state index < -0.39 is 12.0 Å². The van der Waals surface area contributed by atoms with Gasteiger partial charge in [0.1, 0.15) is 11.8 Å². The van der Waals surface area contributed by atoms with Gasteiger partial charge in [0.15, 0.2) is 0 Å². The predicted molar refractivity (Wildman–Crippen MR) is 125 cm³/mol. The molecule has 0 aromatic heterocycles. The van der Waals surface area contributed by atoms with Crippen molar-refractivity contribution in [3.63, 3.8) is 0 Å². The van der Waals surface area contributed by atoms with Gasteiger partial charge in [-0.05, 0) is 60.4 Å². The molecular weight excluding hydrogens is 404 g/mol. The van der Waals surface area contributed by atoms with Crippen LogP contribution in [-0.4, -0.2) is 52.7 Å². The summed E-state index contributed by atoms with van der Waals surface area (Å²) < 4.78 is 0. The van der Waals surface area contributed by atoms with Crippen LogP contribution in [-0.2, 0) is 21.4 Å². The maximum absolute atomic E-state index is 12.5. The van der Waals surface area contributed by atoms with Crippen LogP contribution in [0.5, 0.6) is 5.75 Å². The summed E-state index contributed by atoms with van der Waals surface area (Å²) in [4.78, 5) is 26.3. The van der Waals surface area contributed by atoms with Gasteiger partial charge in [-0.25, -0.2) is 4.79 Å². The van der Waals surface area contributed by atoms with Crippen molar-refractivity contribution >= 4 is 11.9 Å². The van der Waals surface area contributed by atoms with Crippen LogP contribution in [0, 0.1) is 5.92 Å². The minimum Gasteiger partial charge on any atom is -0.508 e. The highest BCUT2D eigenvalue weighted by Gasteiger charge is 2.38. The fourth-order valence-electron chi connectivity index (χ4n) is 4.55. The molecule has 3 atom stereocenters. The van der Waals surface area contributed by atoms with Gasteiger partial charge < -0.3 is 20.4 Å². The van der Waals surface area contributed by atoms with Crippen molar-refractivity contribution < 1.29 is 19.8 Å². The number of phenolic OH excluding ortho intramolecular Hbond substituents is 1. The van der Waals surface area contributed by atoms with Crippen LogP contribution in [0.4, 0.5) is 0 Å². The molecular formula is C26H34N2O4. The summed E-state index contributed by atoms with van der Waals surface area (Å²) in [6, 6.07) is 16.3. The summed E-state index contributed by atoms with van der Waals surface area (Å²) in [5.41, 5.74) is 2.18. The fourth-order valence-corrected chi connectivity index (χ4v) is 4.55. The molecule has 0 aliphatic carbocycles. The van der Waals surface area contributed by atoms with E-state index in [1.54, 1.807) is 6.07 Å². The molecule has 1 fully saturated rings. The molecule has 1 amide bonds. The molecule has 3 unspecified atom stereocenters. The number of phenols is 1. The van der Waals surface area contributed by atoms with Crippen LogP contribution in [0.2, 0.25) is 0 Å². The van der Waals surface area contributed by atoms with E-state index in [-0.39, 0.29) is 23.5 Å². The third-order valence-corrected chi connectivity index (χ3v) is 6.93. The molecule has 0 spiro atoms. The lowest BCUT2D eigenvalue weighted by Crippen LogP contribution is -2.48. The zero-order valence-electron chi connectivity index (χ0n) is 19.0. The maximum Gasteiger partial charge on any atom is 0.326 e. The number of rotatable bonds is 9. The van der Waals surface area contributed by atoms with Gasteiger partial charge in [-0.3, -0.25) is 4.79 Å². The van der Waals surface area contributed by atoms with E-state index in [0.29, 0.717) is 25.3 Å². The first-order valence-electron chi connectivity index (χ1n) is 11.4. The zero-order valence-corrected chi connectivity index (χ0v) is 19.0. The van der Waals surface area contributed by atoms with Gasteiger partial charge in [-0.2, -0.15) is 0 Å². The van der Waals surface area contributed by atoms with Gasteiger partial charge in [0.05, 0.1) is 0 Å². The van der Waals surface area contributed by atoms with E-state index in [4.69, 9.17) is 0 Å². The van der Waals surface area contributed by atoms with E-state index in [1.807, 2.05) is 42.5 Å². The average Bonchev–Trinajstić information content (AvgIpc) is 2.78. The Bertz CT molecular complexity index is 917. The highest BCUT2D eigenvalue weighted by molar-refractivity contribution is 5.83. The number of aromatic hydroxyl groups is 1. The molecule has 1 saturated heterocycles. The van der Waals surface area contributed by atoms with Crippen LogP contribution in [0.3, 0.4) is 0 Å². The number of amides is 1. The molecule has 2 aromatic carbocycles. The highest BCUT2D eigenvalue weighted by Crippen LogP contribution is 2.40. The Morgan fingerprint density at radius 1 is 1.19 bits per heavy atom. The van der Waals surface area contributed by atoms with Gasteiger partial charge in [-0.15, -0.1) is 0 Å². The topological polar surface area (TPSA) is 89.9 Å². The summed E-state index contributed by atoms with van der Waals surface area (Å²) in [5, 5.41) is 22.0. The molecule has 1 heterocycles. The van der Waals surface area contributed by atoms with Crippen LogP contribution in [0.15, 0.2) is 54.6 Å². The Morgan fingerprint density at radius 2 is 1.94 bits per heavy atom. The number of hydrogen-bond donors (Lipinski definition) is 3. The third kappa shape index (κ3) is 6.10. The number of nitrogens with one attached hydrogen (secondary N) is 1. The summed E-state index contributed by atoms with van der Waals surface area (Å²) in [6.45, 7) is 6.77. The summed E-state index contributed by atoms with van der Waals surface area (Å²) in [6.07, 6.45) is 2.20. The number of carboxylic acids is 1. The number of piperidine rings is 1. The van der Waals surface area contributed by atoms with Gasteiger partial charge in [0, 0.05) is 19.5 Å². The largest absolute Gasteiger partial charge is 0.508 e. The van der Waals surface area contributed by atoms with Crippen molar-refractivity contribution in [2.24, 2.45) is 5.92 Å². The van der Waals surface area contributed by atoms with Crippen LogP contribution in [0.1, 0.15) is 44.2 Å². The monoisotopic (exact) mass is 438 g/mol. The smallest absolute Gasteiger partial charge is 0.326 e. The number of carbonyl (C=O) groups excluding carboxylic acids is 1. The highest BCUT2D eigenvalue weighted by atomic mass is 16.4. The molecule has 32 heavy (non-hydrogen) atoms. The lowest BCUT2D eigenvalue weighted by Gasteiger charge is -2.45. The minimum absolute atomic E-state index is 0.0245. The lowest BCUT2D eigenvalue weighted by molar-refractivity contribution is -0.142. The zero-order chi connectivity index (χ0) is 23.1. The van der Waals surface area contributed by atoms with Crippen LogP contribution in [0.25, 0.3) is 0 Å². The van der Waals surface area contributed by atoms with Gasteiger partial charge in [0.25, 0.3) is 0 Å². The Morgan fingerprint density at radius 3 is 2.59 bits per heavy atom. The molecule has 6 heteroatoms. The average molecular weight is 439 g/mol. The minimum atomic E-state index is -0.997. The fraction of sp³-hybridized carbons (Fsp3) is 0.462. The number of hydrogen-bond acceptors (Lipinski definition) is 4. The van der Waals surface area contributed by atoms with E-state index in [1.165, 1.54) is 0 Å². The molecule has 3 rings (SSSR count). The van der Waals surface area contributed by atoms with Crippen molar-refractivity contribution in [3.05, 3.63) is 65.7 Å². The number of nitrogens with zero attached hydrogens (tertiary/aromatic N) is 1. The number of aryl methyl sites for hydroxylation is 1. The molecule has 1 aliphatic heterocycles. The van der Waals surface area contributed by atoms with Gasteiger partial charge in [0.2, 0.25) is 5.91 Å². The molecule has 172 valence electrons. The number of benzene rings is 2. The molecule has 0 radical (unpaired) electrons. The van der Waals surface area contributed by atoms with E-state index in [9.17, 15) is 19.8 Å². The molecule has 6 nitrogen and oxygen atoms in total. The Kier molecular flexibility index (Phi) is 7.91. The molecule has 0 saturated carbocycles. The molecule has 0 bridgehead atoms. The van der Waals surface area contributed by atoms with E-state index in [0.717, 1.165) is 30.6 Å². The number of likely N-dealkylation sites (tertiary alicyclic amines) is 1. The number of aliphatic carboxylic acids is 1. The normalized spacial score (nSPS) is 22.2. The lowest BCUT2D eigenvalue weighted by atomic mass is 9.68. The second-order valence-electron chi connectivity index (χ2n) is 9.15. The molecule has 1 aliphatic rings. The Hall–Kier alpha value is -2.86. The first kappa shape index (κ1) is 23.8. The van der Waals surface area contributed by atoms with Gasteiger partial charge >= 0.3 is 5.97 Å². The predicted octanol–water partition coefficient (Wildman–Crippen LogP) is 3.58. The second kappa shape index (κ2) is 10.6. The second-order valence-corrected chi connectivity index (χ2v) is 9.15. The van der Waals surface area contributed by atoms with E-state index in [2.05, 4.69) is 30.1 Å². The van der Waals surface area contributed by atoms with E-state index >= 15 is 0 Å².